The van der Waals surface area contributed by atoms with E-state index in [1.54, 1.807) is 40.6 Å². The second-order valence-corrected chi connectivity index (χ2v) is 4.62. The van der Waals surface area contributed by atoms with Crippen molar-refractivity contribution < 1.29 is 9.90 Å². The van der Waals surface area contributed by atoms with Gasteiger partial charge in [-0.15, -0.1) is 0 Å². The molecule has 3 aromatic rings. The number of rotatable bonds is 3. The number of hydrogen-bond acceptors (Lipinski definition) is 4. The molecule has 2 heterocycles. The number of carboxylic acids is 1. The van der Waals surface area contributed by atoms with Gasteiger partial charge in [-0.25, -0.2) is 9.78 Å². The Kier molecular flexibility index (Phi) is 3.02. The number of aromatic nitrogens is 4. The lowest BCUT2D eigenvalue weighted by atomic mass is 10.1. The highest BCUT2D eigenvalue weighted by Crippen LogP contribution is 2.13. The molecule has 7 nitrogen and oxygen atoms in total. The molecule has 0 spiro atoms. The number of aromatic carboxylic acids is 1. The number of benzene rings is 1. The summed E-state index contributed by atoms with van der Waals surface area (Å²) < 4.78 is 3.30. The molecule has 1 aromatic carbocycles. The zero-order valence-electron chi connectivity index (χ0n) is 11.2. The molecule has 0 fully saturated rings. The van der Waals surface area contributed by atoms with Crippen LogP contribution >= 0.6 is 0 Å². The van der Waals surface area contributed by atoms with Gasteiger partial charge in [-0.2, -0.15) is 5.10 Å². The van der Waals surface area contributed by atoms with Gasteiger partial charge in [0.05, 0.1) is 12.1 Å². The topological polar surface area (TPSA) is 90.0 Å². The molecule has 2 aromatic heterocycles. The highest BCUT2D eigenvalue weighted by Gasteiger charge is 2.15. The van der Waals surface area contributed by atoms with Gasteiger partial charge in [0.25, 0.3) is 0 Å². The van der Waals surface area contributed by atoms with E-state index in [0.717, 1.165) is 0 Å². The van der Waals surface area contributed by atoms with Crippen LogP contribution in [0.15, 0.2) is 41.6 Å². The summed E-state index contributed by atoms with van der Waals surface area (Å²) in [5.41, 5.74) is -0.0707. The number of carboxylic acid groups (broad SMARTS) is 1. The van der Waals surface area contributed by atoms with Crippen molar-refractivity contribution >= 4 is 16.9 Å². The van der Waals surface area contributed by atoms with Crippen LogP contribution in [-0.2, 0) is 13.6 Å². The van der Waals surface area contributed by atoms with Crippen molar-refractivity contribution in [3.8, 4) is 0 Å². The summed E-state index contributed by atoms with van der Waals surface area (Å²) >= 11 is 0. The van der Waals surface area contributed by atoms with E-state index in [1.807, 2.05) is 0 Å². The fourth-order valence-corrected chi connectivity index (χ4v) is 2.24. The summed E-state index contributed by atoms with van der Waals surface area (Å²) in [5.74, 6) is -0.572. The lowest BCUT2D eigenvalue weighted by molar-refractivity contribution is 0.0695. The molecule has 0 atom stereocenters. The zero-order chi connectivity index (χ0) is 15.0. The summed E-state index contributed by atoms with van der Waals surface area (Å²) in [6.07, 6.45) is 2.78. The van der Waals surface area contributed by atoms with Crippen LogP contribution in [0.25, 0.3) is 10.9 Å². The Morgan fingerprint density at radius 2 is 2.10 bits per heavy atom. The van der Waals surface area contributed by atoms with Gasteiger partial charge in [0.1, 0.15) is 17.7 Å². The molecular weight excluding hydrogens is 272 g/mol. The maximum atomic E-state index is 12.2. The third kappa shape index (κ3) is 2.18. The van der Waals surface area contributed by atoms with E-state index in [-0.39, 0.29) is 5.56 Å². The maximum Gasteiger partial charge on any atom is 0.341 e. The maximum absolute atomic E-state index is 12.2. The normalized spacial score (nSPS) is 10.9. The van der Waals surface area contributed by atoms with Crippen LogP contribution in [0, 0.1) is 0 Å². The molecular formula is C14H12N4O3. The van der Waals surface area contributed by atoms with Crippen LogP contribution in [0.2, 0.25) is 0 Å². The second kappa shape index (κ2) is 4.86. The van der Waals surface area contributed by atoms with Gasteiger partial charge in [-0.1, -0.05) is 12.1 Å². The van der Waals surface area contributed by atoms with Crippen LogP contribution < -0.4 is 5.43 Å². The van der Waals surface area contributed by atoms with Crippen molar-refractivity contribution in [3.63, 3.8) is 0 Å². The quantitative estimate of drug-likeness (QED) is 0.771. The molecule has 0 unspecified atom stereocenters. The molecule has 0 aliphatic carbocycles. The van der Waals surface area contributed by atoms with Crippen LogP contribution in [0.4, 0.5) is 0 Å². The molecule has 0 aliphatic heterocycles. The highest BCUT2D eigenvalue weighted by molar-refractivity contribution is 5.92. The van der Waals surface area contributed by atoms with E-state index in [4.69, 9.17) is 0 Å². The van der Waals surface area contributed by atoms with Crippen LogP contribution in [0.3, 0.4) is 0 Å². The average Bonchev–Trinajstić information content (AvgIpc) is 2.87. The lowest BCUT2D eigenvalue weighted by Gasteiger charge is -2.11. The fraction of sp³-hybridized carbons (Fsp3) is 0.143. The minimum atomic E-state index is -1.24. The number of fused-ring (bicyclic) bond motifs is 1. The van der Waals surface area contributed by atoms with Crippen LogP contribution in [0.1, 0.15) is 16.2 Å². The summed E-state index contributed by atoms with van der Waals surface area (Å²) in [6.45, 7) is 0.331. The number of pyridine rings is 1. The first-order valence-electron chi connectivity index (χ1n) is 6.26. The van der Waals surface area contributed by atoms with E-state index in [0.29, 0.717) is 23.3 Å². The van der Waals surface area contributed by atoms with Crippen LogP contribution in [0.5, 0.6) is 0 Å². The zero-order valence-corrected chi connectivity index (χ0v) is 11.2. The molecule has 0 radical (unpaired) electrons. The smallest absolute Gasteiger partial charge is 0.341 e. The van der Waals surface area contributed by atoms with Crippen molar-refractivity contribution in [3.05, 3.63) is 58.4 Å². The third-order valence-electron chi connectivity index (χ3n) is 3.33. The Labute approximate surface area is 119 Å². The molecule has 0 saturated carbocycles. The Bertz CT molecular complexity index is 895. The standard InChI is InChI=1S/C14H12N4O3/c1-17-12(15-8-16-17)7-18-6-10(14(20)21)13(19)9-4-2-3-5-11(9)18/h2-6,8H,7H2,1H3,(H,20,21). The first-order chi connectivity index (χ1) is 10.1. The van der Waals surface area contributed by atoms with Crippen molar-refractivity contribution in [2.24, 2.45) is 7.05 Å². The van der Waals surface area contributed by atoms with E-state index in [2.05, 4.69) is 10.1 Å². The number of para-hydroxylation sites is 1. The average molecular weight is 284 g/mol. The van der Waals surface area contributed by atoms with Gasteiger partial charge >= 0.3 is 5.97 Å². The van der Waals surface area contributed by atoms with Gasteiger partial charge in [0.2, 0.25) is 5.43 Å². The molecule has 0 aliphatic rings. The highest BCUT2D eigenvalue weighted by atomic mass is 16.4. The predicted molar refractivity (Wildman–Crippen MR) is 75.3 cm³/mol. The van der Waals surface area contributed by atoms with Gasteiger partial charge in [-0.3, -0.25) is 9.48 Å². The van der Waals surface area contributed by atoms with Gasteiger partial charge < -0.3 is 9.67 Å². The molecule has 1 N–H and O–H groups in total. The van der Waals surface area contributed by atoms with Gasteiger partial charge in [-0.05, 0) is 12.1 Å². The minimum Gasteiger partial charge on any atom is -0.477 e. The molecule has 0 bridgehead atoms. The SMILES string of the molecule is Cn1ncnc1Cn1cc(C(=O)O)c(=O)c2ccccc21. The van der Waals surface area contributed by atoms with Crippen molar-refractivity contribution in [1.29, 1.82) is 0 Å². The molecule has 0 amide bonds. The van der Waals surface area contributed by atoms with Crippen molar-refractivity contribution in [1.82, 2.24) is 19.3 Å². The first-order valence-corrected chi connectivity index (χ1v) is 6.26. The van der Waals surface area contributed by atoms with Crippen molar-refractivity contribution in [2.75, 3.05) is 0 Å². The Morgan fingerprint density at radius 1 is 1.33 bits per heavy atom. The van der Waals surface area contributed by atoms with E-state index in [1.165, 1.54) is 12.5 Å². The summed E-state index contributed by atoms with van der Waals surface area (Å²) in [4.78, 5) is 27.5. The second-order valence-electron chi connectivity index (χ2n) is 4.62. The predicted octanol–water partition coefficient (Wildman–Crippen LogP) is 0.876. The molecule has 21 heavy (non-hydrogen) atoms. The Balaban J connectivity index is 2.26. The van der Waals surface area contributed by atoms with E-state index >= 15 is 0 Å². The van der Waals surface area contributed by atoms with Crippen molar-refractivity contribution in [2.45, 2.75) is 6.54 Å². The lowest BCUT2D eigenvalue weighted by Crippen LogP contribution is -2.20. The number of carbonyl (C=O) groups is 1. The summed E-state index contributed by atoms with van der Waals surface area (Å²) in [5, 5.41) is 13.5. The van der Waals surface area contributed by atoms with Crippen LogP contribution in [-0.4, -0.2) is 30.4 Å². The van der Waals surface area contributed by atoms with E-state index in [9.17, 15) is 14.7 Å². The van der Waals surface area contributed by atoms with E-state index < -0.39 is 11.4 Å². The molecule has 7 heteroatoms. The number of hydrogen-bond donors (Lipinski definition) is 1. The fourth-order valence-electron chi connectivity index (χ4n) is 2.24. The molecule has 106 valence electrons. The Morgan fingerprint density at radius 3 is 2.76 bits per heavy atom. The first kappa shape index (κ1) is 13.0. The minimum absolute atomic E-state index is 0.254. The largest absolute Gasteiger partial charge is 0.477 e. The van der Waals surface area contributed by atoms with Gasteiger partial charge in [0, 0.05) is 18.6 Å². The monoisotopic (exact) mass is 284 g/mol. The number of nitrogens with zero attached hydrogens (tertiary/aromatic N) is 4. The Hall–Kier alpha value is -2.96. The molecule has 3 rings (SSSR count). The van der Waals surface area contributed by atoms with Gasteiger partial charge in [0.15, 0.2) is 0 Å². The summed E-state index contributed by atoms with van der Waals surface area (Å²) in [7, 11) is 1.76. The molecule has 0 saturated heterocycles. The summed E-state index contributed by atoms with van der Waals surface area (Å²) in [6, 6.07) is 6.91. The number of aryl methyl sites for hydroxylation is 1. The third-order valence-corrected chi connectivity index (χ3v) is 3.33.